The van der Waals surface area contributed by atoms with E-state index >= 15 is 0 Å². The molecule has 4 nitrogen and oxygen atoms in total. The summed E-state index contributed by atoms with van der Waals surface area (Å²) < 4.78 is 6.47. The highest BCUT2D eigenvalue weighted by atomic mass is 79.9. The molecule has 0 bridgehead atoms. The molecular weight excluding hydrogens is 332 g/mol. The second kappa shape index (κ2) is 6.36. The first-order valence-electron chi connectivity index (χ1n) is 7.25. The van der Waals surface area contributed by atoms with Gasteiger partial charge < -0.3 is 15.4 Å². The molecular formula is C16H23BrN2O2. The van der Waals surface area contributed by atoms with Crippen LogP contribution in [0.3, 0.4) is 0 Å². The third-order valence-electron chi connectivity index (χ3n) is 3.59. The maximum atomic E-state index is 12.1. The number of hydrogen-bond acceptors (Lipinski definition) is 3. The van der Waals surface area contributed by atoms with Crippen molar-refractivity contribution in [2.75, 3.05) is 13.1 Å². The van der Waals surface area contributed by atoms with Crippen LogP contribution in [0.2, 0.25) is 0 Å². The third-order valence-corrected chi connectivity index (χ3v) is 4.08. The van der Waals surface area contributed by atoms with Gasteiger partial charge in [-0.05, 0) is 44.9 Å². The summed E-state index contributed by atoms with van der Waals surface area (Å²) in [5.41, 5.74) is 7.04. The van der Waals surface area contributed by atoms with Crippen molar-refractivity contribution in [3.63, 3.8) is 0 Å². The van der Waals surface area contributed by atoms with Crippen molar-refractivity contribution in [1.29, 1.82) is 0 Å². The highest BCUT2D eigenvalue weighted by Gasteiger charge is 2.32. The number of nitrogens with zero attached hydrogens (tertiary/aromatic N) is 1. The summed E-state index contributed by atoms with van der Waals surface area (Å²) in [4.78, 5) is 13.8. The van der Waals surface area contributed by atoms with Crippen LogP contribution >= 0.6 is 15.9 Å². The van der Waals surface area contributed by atoms with E-state index < -0.39 is 5.60 Å². The van der Waals surface area contributed by atoms with Crippen molar-refractivity contribution < 1.29 is 9.53 Å². The molecule has 0 saturated carbocycles. The van der Waals surface area contributed by atoms with Gasteiger partial charge in [-0.1, -0.05) is 28.1 Å². The van der Waals surface area contributed by atoms with Crippen LogP contribution in [0.25, 0.3) is 0 Å². The van der Waals surface area contributed by atoms with Gasteiger partial charge in [-0.2, -0.15) is 0 Å². The zero-order chi connectivity index (χ0) is 15.6. The lowest BCUT2D eigenvalue weighted by Gasteiger charge is -2.37. The first-order chi connectivity index (χ1) is 9.76. The molecule has 1 aromatic rings. The zero-order valence-corrected chi connectivity index (χ0v) is 14.4. The number of rotatable bonds is 1. The molecule has 2 rings (SSSR count). The van der Waals surface area contributed by atoms with Crippen LogP contribution in [0.1, 0.15) is 38.7 Å². The third kappa shape index (κ3) is 4.45. The van der Waals surface area contributed by atoms with Crippen molar-refractivity contribution >= 4 is 22.0 Å². The van der Waals surface area contributed by atoms with Gasteiger partial charge in [0.2, 0.25) is 0 Å². The Labute approximate surface area is 134 Å². The summed E-state index contributed by atoms with van der Waals surface area (Å²) in [6.07, 6.45) is 0.585. The molecule has 0 aliphatic carbocycles. The van der Waals surface area contributed by atoms with Crippen LogP contribution in [0.5, 0.6) is 0 Å². The minimum Gasteiger partial charge on any atom is -0.444 e. The fourth-order valence-corrected chi connectivity index (χ4v) is 3.04. The topological polar surface area (TPSA) is 55.6 Å². The highest BCUT2D eigenvalue weighted by Crippen LogP contribution is 2.29. The lowest BCUT2D eigenvalue weighted by atomic mass is 9.86. The largest absolute Gasteiger partial charge is 0.444 e. The normalized spacial score (nSPS) is 23.0. The van der Waals surface area contributed by atoms with Gasteiger partial charge >= 0.3 is 6.09 Å². The molecule has 2 N–H and O–H groups in total. The van der Waals surface area contributed by atoms with Crippen LogP contribution in [0.15, 0.2) is 28.7 Å². The molecule has 1 aliphatic heterocycles. The number of hydrogen-bond donors (Lipinski definition) is 1. The lowest BCUT2D eigenvalue weighted by molar-refractivity contribution is 0.0186. The van der Waals surface area contributed by atoms with Crippen LogP contribution in [-0.4, -0.2) is 35.7 Å². The molecule has 0 aromatic heterocycles. The number of likely N-dealkylation sites (tertiary alicyclic amines) is 1. The van der Waals surface area contributed by atoms with Crippen LogP contribution < -0.4 is 5.73 Å². The Morgan fingerprint density at radius 2 is 2.14 bits per heavy atom. The Bertz CT molecular complexity index is 513. The summed E-state index contributed by atoms with van der Waals surface area (Å²) >= 11 is 3.49. The second-order valence-electron chi connectivity index (χ2n) is 6.54. The zero-order valence-electron chi connectivity index (χ0n) is 12.8. The summed E-state index contributed by atoms with van der Waals surface area (Å²) in [5, 5.41) is 0. The number of nitrogens with two attached hydrogens (primary N) is 1. The van der Waals surface area contributed by atoms with E-state index in [9.17, 15) is 4.79 Å². The highest BCUT2D eigenvalue weighted by molar-refractivity contribution is 9.10. The molecule has 0 radical (unpaired) electrons. The predicted molar refractivity (Wildman–Crippen MR) is 87.3 cm³/mol. The quantitative estimate of drug-likeness (QED) is 0.839. The van der Waals surface area contributed by atoms with Crippen molar-refractivity contribution in [3.8, 4) is 0 Å². The molecule has 1 heterocycles. The molecule has 21 heavy (non-hydrogen) atoms. The van der Waals surface area contributed by atoms with Gasteiger partial charge in [0.15, 0.2) is 0 Å². The van der Waals surface area contributed by atoms with E-state index in [4.69, 9.17) is 10.5 Å². The average molecular weight is 355 g/mol. The maximum absolute atomic E-state index is 12.1. The molecule has 1 aromatic carbocycles. The van der Waals surface area contributed by atoms with Gasteiger partial charge in [0.05, 0.1) is 0 Å². The SMILES string of the molecule is CC(C)(C)OC(=O)N1CCC(c2cccc(Br)c2)C(N)C1. The lowest BCUT2D eigenvalue weighted by Crippen LogP contribution is -2.50. The smallest absolute Gasteiger partial charge is 0.410 e. The van der Waals surface area contributed by atoms with Gasteiger partial charge in [0, 0.05) is 29.5 Å². The Hall–Kier alpha value is -1.07. The van der Waals surface area contributed by atoms with Crippen LogP contribution in [-0.2, 0) is 4.74 Å². The molecule has 1 fully saturated rings. The van der Waals surface area contributed by atoms with Crippen LogP contribution in [0, 0.1) is 0 Å². The average Bonchev–Trinajstić information content (AvgIpc) is 2.36. The predicted octanol–water partition coefficient (Wildman–Crippen LogP) is 3.50. The maximum Gasteiger partial charge on any atom is 0.410 e. The Kier molecular flexibility index (Phi) is 4.94. The molecule has 1 saturated heterocycles. The molecule has 2 unspecified atom stereocenters. The minimum absolute atomic E-state index is 0.0689. The van der Waals surface area contributed by atoms with Gasteiger partial charge in [-0.15, -0.1) is 0 Å². The Morgan fingerprint density at radius 1 is 1.43 bits per heavy atom. The first-order valence-corrected chi connectivity index (χ1v) is 8.04. The number of carbonyl (C=O) groups is 1. The van der Waals surface area contributed by atoms with E-state index in [0.29, 0.717) is 13.1 Å². The first kappa shape index (κ1) is 16.3. The number of halogens is 1. The van der Waals surface area contributed by atoms with E-state index in [1.165, 1.54) is 5.56 Å². The van der Waals surface area contributed by atoms with E-state index in [0.717, 1.165) is 10.9 Å². The molecule has 116 valence electrons. The molecule has 2 atom stereocenters. The summed E-state index contributed by atoms with van der Waals surface area (Å²) in [6, 6.07) is 8.16. The molecule has 0 spiro atoms. The number of carbonyl (C=O) groups excluding carboxylic acids is 1. The standard InChI is InChI=1S/C16H23BrN2O2/c1-16(2,3)21-15(20)19-8-7-13(14(18)10-19)11-5-4-6-12(17)9-11/h4-6,9,13-14H,7-8,10,18H2,1-3H3. The summed E-state index contributed by atoms with van der Waals surface area (Å²) in [6.45, 7) is 6.84. The van der Waals surface area contributed by atoms with Crippen molar-refractivity contribution in [2.24, 2.45) is 5.73 Å². The van der Waals surface area contributed by atoms with E-state index in [-0.39, 0.29) is 18.1 Å². The monoisotopic (exact) mass is 354 g/mol. The molecule has 5 heteroatoms. The summed E-state index contributed by atoms with van der Waals surface area (Å²) in [5.74, 6) is 0.279. The Balaban J connectivity index is 2.01. The van der Waals surface area contributed by atoms with Gasteiger partial charge in [0.25, 0.3) is 0 Å². The minimum atomic E-state index is -0.470. The van der Waals surface area contributed by atoms with E-state index in [1.54, 1.807) is 4.90 Å². The number of amides is 1. The number of ether oxygens (including phenoxy) is 1. The molecule has 1 aliphatic rings. The van der Waals surface area contributed by atoms with Crippen LogP contribution in [0.4, 0.5) is 4.79 Å². The fraction of sp³-hybridized carbons (Fsp3) is 0.562. The fourth-order valence-electron chi connectivity index (χ4n) is 2.63. The number of piperidine rings is 1. The summed E-state index contributed by atoms with van der Waals surface area (Å²) in [7, 11) is 0. The van der Waals surface area contributed by atoms with Crippen molar-refractivity contribution in [2.45, 2.75) is 44.8 Å². The van der Waals surface area contributed by atoms with Crippen molar-refractivity contribution in [3.05, 3.63) is 34.3 Å². The van der Waals surface area contributed by atoms with Crippen molar-refractivity contribution in [1.82, 2.24) is 4.90 Å². The van der Waals surface area contributed by atoms with Gasteiger partial charge in [0.1, 0.15) is 5.60 Å². The van der Waals surface area contributed by atoms with Gasteiger partial charge in [-0.25, -0.2) is 4.79 Å². The second-order valence-corrected chi connectivity index (χ2v) is 7.46. The van der Waals surface area contributed by atoms with E-state index in [1.807, 2.05) is 32.9 Å². The van der Waals surface area contributed by atoms with Gasteiger partial charge in [-0.3, -0.25) is 0 Å². The Morgan fingerprint density at radius 3 is 2.71 bits per heavy atom. The van der Waals surface area contributed by atoms with E-state index in [2.05, 4.69) is 28.1 Å². The number of benzene rings is 1. The molecule has 1 amide bonds.